The van der Waals surface area contributed by atoms with E-state index in [-0.39, 0.29) is 35.2 Å². The number of halogens is 1. The number of carbonyl (C=O) groups excluding carboxylic acids is 1. The second kappa shape index (κ2) is 6.66. The molecule has 2 aliphatic carbocycles. The Kier molecular flexibility index (Phi) is 5.46. The first-order valence-electron chi connectivity index (χ1n) is 8.60. The highest BCUT2D eigenvalue weighted by atomic mass is 35.5. The predicted molar refractivity (Wildman–Crippen MR) is 90.0 cm³/mol. The summed E-state index contributed by atoms with van der Waals surface area (Å²) < 4.78 is 5.80. The first-order valence-corrected chi connectivity index (χ1v) is 8.60. The normalized spacial score (nSPS) is 35.0. The van der Waals surface area contributed by atoms with E-state index in [0.29, 0.717) is 25.0 Å². The molecular formula is C17H31ClN2O2. The predicted octanol–water partition coefficient (Wildman–Crippen LogP) is 2.64. The van der Waals surface area contributed by atoms with Gasteiger partial charge < -0.3 is 15.8 Å². The maximum atomic E-state index is 12.5. The van der Waals surface area contributed by atoms with Gasteiger partial charge in [0.15, 0.2) is 0 Å². The Hall–Kier alpha value is -0.320. The summed E-state index contributed by atoms with van der Waals surface area (Å²) in [6.07, 6.45) is 7.98. The highest BCUT2D eigenvalue weighted by Crippen LogP contribution is 2.52. The van der Waals surface area contributed by atoms with Crippen molar-refractivity contribution in [3.05, 3.63) is 0 Å². The lowest BCUT2D eigenvalue weighted by molar-refractivity contribution is -0.140. The van der Waals surface area contributed by atoms with Gasteiger partial charge in [0.1, 0.15) is 0 Å². The van der Waals surface area contributed by atoms with E-state index in [9.17, 15) is 4.79 Å². The lowest BCUT2D eigenvalue weighted by Gasteiger charge is -2.54. The summed E-state index contributed by atoms with van der Waals surface area (Å²) >= 11 is 0. The Labute approximate surface area is 140 Å². The monoisotopic (exact) mass is 330 g/mol. The zero-order chi connectivity index (χ0) is 15.1. The van der Waals surface area contributed by atoms with Gasteiger partial charge in [0.25, 0.3) is 0 Å². The summed E-state index contributed by atoms with van der Waals surface area (Å²) in [6, 6.07) is 0.274. The third-order valence-electron chi connectivity index (χ3n) is 6.30. The number of amides is 1. The van der Waals surface area contributed by atoms with Crippen LogP contribution in [0.5, 0.6) is 0 Å². The lowest BCUT2D eigenvalue weighted by atomic mass is 9.57. The van der Waals surface area contributed by atoms with E-state index in [1.165, 1.54) is 19.3 Å². The van der Waals surface area contributed by atoms with Crippen molar-refractivity contribution in [1.82, 2.24) is 5.32 Å². The van der Waals surface area contributed by atoms with Crippen molar-refractivity contribution in [2.75, 3.05) is 13.2 Å². The van der Waals surface area contributed by atoms with Crippen LogP contribution in [0.1, 0.15) is 58.8 Å². The van der Waals surface area contributed by atoms with Crippen LogP contribution in [0.3, 0.4) is 0 Å². The number of hydrogen-bond donors (Lipinski definition) is 2. The van der Waals surface area contributed by atoms with Crippen LogP contribution in [0, 0.1) is 16.7 Å². The maximum Gasteiger partial charge on any atom is 0.220 e. The maximum absolute atomic E-state index is 12.5. The van der Waals surface area contributed by atoms with Crippen LogP contribution < -0.4 is 11.1 Å². The summed E-state index contributed by atoms with van der Waals surface area (Å²) in [5, 5.41) is 3.31. The Bertz CT molecular complexity index is 407. The molecule has 5 heteroatoms. The molecule has 1 heterocycles. The molecule has 3 fully saturated rings. The van der Waals surface area contributed by atoms with Gasteiger partial charge in [-0.15, -0.1) is 12.4 Å². The van der Waals surface area contributed by atoms with Gasteiger partial charge in [0.05, 0.1) is 6.10 Å². The molecule has 4 nitrogen and oxygen atoms in total. The molecule has 3 unspecified atom stereocenters. The Morgan fingerprint density at radius 1 is 1.27 bits per heavy atom. The van der Waals surface area contributed by atoms with Gasteiger partial charge >= 0.3 is 0 Å². The molecule has 0 spiro atoms. The molecule has 0 aromatic rings. The quantitative estimate of drug-likeness (QED) is 0.833. The van der Waals surface area contributed by atoms with Crippen LogP contribution in [-0.2, 0) is 9.53 Å². The van der Waals surface area contributed by atoms with Gasteiger partial charge in [0, 0.05) is 30.4 Å². The van der Waals surface area contributed by atoms with Crippen molar-refractivity contribution >= 4 is 18.3 Å². The van der Waals surface area contributed by atoms with Crippen LogP contribution in [0.25, 0.3) is 0 Å². The Morgan fingerprint density at radius 2 is 1.95 bits per heavy atom. The number of ether oxygens (including phenoxy) is 1. The van der Waals surface area contributed by atoms with E-state index in [2.05, 4.69) is 19.2 Å². The number of hydrogen-bond acceptors (Lipinski definition) is 3. The molecule has 2 saturated carbocycles. The van der Waals surface area contributed by atoms with Crippen LogP contribution >= 0.6 is 12.4 Å². The fourth-order valence-corrected chi connectivity index (χ4v) is 4.94. The molecule has 1 aliphatic heterocycles. The highest BCUT2D eigenvalue weighted by Gasteiger charge is 2.59. The minimum atomic E-state index is 0. The lowest BCUT2D eigenvalue weighted by Crippen LogP contribution is -2.67. The zero-order valence-electron chi connectivity index (χ0n) is 13.9. The molecule has 128 valence electrons. The summed E-state index contributed by atoms with van der Waals surface area (Å²) in [5.41, 5.74) is 6.13. The van der Waals surface area contributed by atoms with Crippen molar-refractivity contribution < 1.29 is 9.53 Å². The van der Waals surface area contributed by atoms with Crippen molar-refractivity contribution in [1.29, 1.82) is 0 Å². The summed E-state index contributed by atoms with van der Waals surface area (Å²) in [7, 11) is 0. The van der Waals surface area contributed by atoms with Crippen molar-refractivity contribution in [3.63, 3.8) is 0 Å². The molecule has 0 aromatic carbocycles. The highest BCUT2D eigenvalue weighted by molar-refractivity contribution is 5.85. The van der Waals surface area contributed by atoms with Crippen LogP contribution in [0.15, 0.2) is 0 Å². The van der Waals surface area contributed by atoms with Crippen molar-refractivity contribution in [2.45, 2.75) is 70.9 Å². The minimum absolute atomic E-state index is 0. The van der Waals surface area contributed by atoms with Gasteiger partial charge in [0.2, 0.25) is 5.91 Å². The van der Waals surface area contributed by atoms with Crippen molar-refractivity contribution in [2.24, 2.45) is 22.5 Å². The van der Waals surface area contributed by atoms with E-state index in [0.717, 1.165) is 25.9 Å². The van der Waals surface area contributed by atoms with Gasteiger partial charge in [-0.05, 0) is 31.2 Å². The molecule has 1 amide bonds. The fourth-order valence-electron chi connectivity index (χ4n) is 4.94. The molecular weight excluding hydrogens is 300 g/mol. The second-order valence-electron chi connectivity index (χ2n) is 8.05. The fraction of sp³-hybridized carbons (Fsp3) is 0.941. The number of fused-ring (bicyclic) bond motifs is 1. The Morgan fingerprint density at radius 3 is 2.59 bits per heavy atom. The third-order valence-corrected chi connectivity index (χ3v) is 6.30. The smallest absolute Gasteiger partial charge is 0.220 e. The largest absolute Gasteiger partial charge is 0.377 e. The molecule has 3 aliphatic rings. The summed E-state index contributed by atoms with van der Waals surface area (Å²) in [6.45, 7) is 5.91. The average molecular weight is 331 g/mol. The topological polar surface area (TPSA) is 64.4 Å². The van der Waals surface area contributed by atoms with E-state index in [4.69, 9.17) is 10.5 Å². The Balaban J connectivity index is 0.00000176. The van der Waals surface area contributed by atoms with Crippen molar-refractivity contribution in [3.8, 4) is 0 Å². The molecule has 22 heavy (non-hydrogen) atoms. The van der Waals surface area contributed by atoms with E-state index < -0.39 is 0 Å². The van der Waals surface area contributed by atoms with Gasteiger partial charge in [-0.1, -0.05) is 33.1 Å². The number of nitrogens with two attached hydrogens (primary N) is 1. The van der Waals surface area contributed by atoms with Crippen LogP contribution in [0.4, 0.5) is 0 Å². The van der Waals surface area contributed by atoms with Crippen LogP contribution in [-0.4, -0.2) is 31.2 Å². The molecule has 3 N–H and O–H groups in total. The third kappa shape index (κ3) is 3.02. The first kappa shape index (κ1) is 18.0. The summed E-state index contributed by atoms with van der Waals surface area (Å²) in [4.78, 5) is 12.5. The molecule has 3 atom stereocenters. The first-order chi connectivity index (χ1) is 9.98. The molecule has 0 radical (unpaired) electrons. The number of nitrogens with one attached hydrogen (secondary N) is 1. The van der Waals surface area contributed by atoms with Gasteiger partial charge in [-0.3, -0.25) is 4.79 Å². The van der Waals surface area contributed by atoms with Gasteiger partial charge in [-0.25, -0.2) is 0 Å². The standard InChI is InChI=1S/C17H30N2O2.ClH/c1-16(2)14(12-6-9-21-15(12)16)19-13(20)10-17(11-18)7-4-3-5-8-17;/h12,14-15H,3-11,18H2,1-2H3,(H,19,20);1H. The number of rotatable bonds is 4. The molecule has 3 rings (SSSR count). The van der Waals surface area contributed by atoms with Crippen LogP contribution in [0.2, 0.25) is 0 Å². The molecule has 1 saturated heterocycles. The van der Waals surface area contributed by atoms with E-state index in [1.54, 1.807) is 0 Å². The van der Waals surface area contributed by atoms with Gasteiger partial charge in [-0.2, -0.15) is 0 Å². The second-order valence-corrected chi connectivity index (χ2v) is 8.05. The minimum Gasteiger partial charge on any atom is -0.377 e. The van der Waals surface area contributed by atoms with E-state index in [1.807, 2.05) is 0 Å². The summed E-state index contributed by atoms with van der Waals surface area (Å²) in [5.74, 6) is 0.718. The number of carbonyl (C=O) groups is 1. The molecule has 0 aromatic heterocycles. The average Bonchev–Trinajstić information content (AvgIpc) is 2.93. The molecule has 0 bridgehead atoms. The van der Waals surface area contributed by atoms with E-state index >= 15 is 0 Å². The zero-order valence-corrected chi connectivity index (χ0v) is 14.7. The SMILES string of the molecule is CC1(C)C(NC(=O)CC2(CN)CCCCC2)C2CCOC21.Cl.